The van der Waals surface area contributed by atoms with Crippen LogP contribution in [0.15, 0.2) is 42.9 Å². The highest BCUT2D eigenvalue weighted by Gasteiger charge is 2.43. The second kappa shape index (κ2) is 7.95. The van der Waals surface area contributed by atoms with E-state index in [0.29, 0.717) is 29.7 Å². The van der Waals surface area contributed by atoms with Crippen molar-refractivity contribution in [2.75, 3.05) is 17.6 Å². The first-order valence-corrected chi connectivity index (χ1v) is 11.3. The smallest absolute Gasteiger partial charge is 0.164 e. The highest BCUT2D eigenvalue weighted by molar-refractivity contribution is 5.86. The van der Waals surface area contributed by atoms with Crippen LogP contribution in [0, 0.1) is 0 Å². The van der Waals surface area contributed by atoms with Crippen LogP contribution in [0.2, 0.25) is 0 Å². The monoisotopic (exact) mass is 446 g/mol. The Balaban J connectivity index is 1.20. The highest BCUT2D eigenvalue weighted by Crippen LogP contribution is 2.34. The van der Waals surface area contributed by atoms with Gasteiger partial charge in [0.1, 0.15) is 35.8 Å². The summed E-state index contributed by atoms with van der Waals surface area (Å²) in [7, 11) is 0. The fraction of sp³-hybridized carbons (Fsp3) is 0.375. The van der Waals surface area contributed by atoms with E-state index >= 15 is 0 Å². The van der Waals surface area contributed by atoms with Crippen LogP contribution in [0.4, 0.5) is 11.6 Å². The third-order valence-corrected chi connectivity index (χ3v) is 6.75. The Kier molecular flexibility index (Phi) is 4.90. The molecule has 1 fully saturated rings. The number of aliphatic hydroxyl groups is 2. The molecule has 0 unspecified atom stereocenters. The summed E-state index contributed by atoms with van der Waals surface area (Å²) < 4.78 is 7.80. The van der Waals surface area contributed by atoms with Gasteiger partial charge in [-0.25, -0.2) is 15.0 Å². The van der Waals surface area contributed by atoms with Crippen LogP contribution in [0.25, 0.3) is 21.9 Å². The number of benzene rings is 1. The first kappa shape index (κ1) is 20.3. The highest BCUT2D eigenvalue weighted by atomic mass is 16.6. The van der Waals surface area contributed by atoms with Crippen molar-refractivity contribution in [3.63, 3.8) is 0 Å². The van der Waals surface area contributed by atoms with Crippen molar-refractivity contribution in [3.8, 4) is 0 Å². The van der Waals surface area contributed by atoms with Gasteiger partial charge < -0.3 is 30.6 Å². The van der Waals surface area contributed by atoms with Gasteiger partial charge in [-0.1, -0.05) is 12.1 Å². The normalized spacial score (nSPS) is 24.8. The van der Waals surface area contributed by atoms with Crippen LogP contribution in [0.5, 0.6) is 0 Å². The summed E-state index contributed by atoms with van der Waals surface area (Å²) >= 11 is 0. The van der Waals surface area contributed by atoms with Gasteiger partial charge in [-0.15, -0.1) is 0 Å². The van der Waals surface area contributed by atoms with Gasteiger partial charge >= 0.3 is 0 Å². The molecule has 0 radical (unpaired) electrons. The molecule has 5 N–H and O–H groups in total. The number of ether oxygens (including phenoxy) is 1. The zero-order valence-electron chi connectivity index (χ0n) is 18.1. The van der Waals surface area contributed by atoms with Gasteiger partial charge in [0.05, 0.1) is 17.0 Å². The number of rotatable bonds is 4. The van der Waals surface area contributed by atoms with Gasteiger partial charge in [-0.05, 0) is 55.0 Å². The van der Waals surface area contributed by atoms with Crippen molar-refractivity contribution in [1.29, 1.82) is 0 Å². The molecule has 5 heterocycles. The Labute approximate surface area is 190 Å². The Bertz CT molecular complexity index is 1340. The van der Waals surface area contributed by atoms with Crippen LogP contribution in [0.1, 0.15) is 30.2 Å². The lowest BCUT2D eigenvalue weighted by molar-refractivity contribution is -0.0364. The molecule has 4 atom stereocenters. The summed E-state index contributed by atoms with van der Waals surface area (Å²) in [6.45, 7) is 0.959. The lowest BCUT2D eigenvalue weighted by Gasteiger charge is -2.18. The number of nitrogens with one attached hydrogen (secondary N) is 1. The van der Waals surface area contributed by atoms with Gasteiger partial charge in [0.25, 0.3) is 0 Å². The molecular weight excluding hydrogens is 420 g/mol. The van der Waals surface area contributed by atoms with Gasteiger partial charge in [0, 0.05) is 18.1 Å². The number of aryl methyl sites for hydroxylation is 2. The minimum atomic E-state index is -1.07. The largest absolute Gasteiger partial charge is 0.388 e. The maximum absolute atomic E-state index is 10.7. The molecule has 0 saturated carbocycles. The Morgan fingerprint density at radius 2 is 2.06 bits per heavy atom. The molecule has 0 spiro atoms. The molecule has 9 heteroatoms. The topological polar surface area (TPSA) is 131 Å². The number of aromatic nitrogens is 4. The van der Waals surface area contributed by atoms with Crippen LogP contribution >= 0.6 is 0 Å². The van der Waals surface area contributed by atoms with E-state index in [4.69, 9.17) is 15.5 Å². The number of nitrogens with two attached hydrogens (primary N) is 1. The van der Waals surface area contributed by atoms with Crippen molar-refractivity contribution in [2.45, 2.75) is 50.2 Å². The molecule has 2 aliphatic rings. The predicted octanol–water partition coefficient (Wildman–Crippen LogP) is 2.17. The summed E-state index contributed by atoms with van der Waals surface area (Å²) in [5, 5.41) is 26.6. The lowest BCUT2D eigenvalue weighted by Crippen LogP contribution is -2.31. The van der Waals surface area contributed by atoms with E-state index in [1.807, 2.05) is 0 Å². The number of hydrogen-bond donors (Lipinski definition) is 4. The minimum Gasteiger partial charge on any atom is -0.388 e. The molecule has 9 nitrogen and oxygen atoms in total. The molecule has 3 aromatic heterocycles. The van der Waals surface area contributed by atoms with Gasteiger partial charge in [0.15, 0.2) is 6.23 Å². The van der Waals surface area contributed by atoms with E-state index in [-0.39, 0.29) is 0 Å². The average molecular weight is 447 g/mol. The summed E-state index contributed by atoms with van der Waals surface area (Å²) in [5.41, 5.74) is 9.84. The molecule has 4 aromatic rings. The molecule has 170 valence electrons. The standard InChI is InChI=1S/C24H26N6O3/c25-21-16-7-9-30(23(16)28-12-27-21)24-20(32)19(31)18(33-24)6-4-13-3-5-14-11-15-2-1-8-26-22(15)29-17(14)10-13/h3,5,7,9-12,18-20,24,31-32H,1-2,4,6,8H2,(H,26,29)(H2,25,27,28)/t18-,19-,20-,24-/m1/s1. The summed E-state index contributed by atoms with van der Waals surface area (Å²) in [6.07, 6.45) is 3.27. The Hall–Kier alpha value is -3.27. The summed E-state index contributed by atoms with van der Waals surface area (Å²) in [5.74, 6) is 1.35. The molecule has 0 amide bonds. The van der Waals surface area contributed by atoms with Crippen LogP contribution < -0.4 is 11.1 Å². The predicted molar refractivity (Wildman–Crippen MR) is 125 cm³/mol. The number of nitrogens with zero attached hydrogens (tertiary/aromatic N) is 4. The average Bonchev–Trinajstić information content (AvgIpc) is 3.38. The molecule has 0 aliphatic carbocycles. The minimum absolute atomic E-state index is 0.365. The number of nitrogen functional groups attached to an aromatic ring is 1. The lowest BCUT2D eigenvalue weighted by atomic mass is 9.99. The number of pyridine rings is 1. The second-order valence-corrected chi connectivity index (χ2v) is 8.86. The third-order valence-electron chi connectivity index (χ3n) is 6.75. The zero-order chi connectivity index (χ0) is 22.5. The molecule has 0 bridgehead atoms. The number of hydrogen-bond acceptors (Lipinski definition) is 8. The van der Waals surface area contributed by atoms with Crippen molar-refractivity contribution in [1.82, 2.24) is 19.5 Å². The van der Waals surface area contributed by atoms with E-state index in [2.05, 4.69) is 39.6 Å². The number of anilines is 2. The summed E-state index contributed by atoms with van der Waals surface area (Å²) in [6, 6.07) is 10.3. The Morgan fingerprint density at radius 1 is 1.15 bits per heavy atom. The maximum Gasteiger partial charge on any atom is 0.164 e. The quantitative estimate of drug-likeness (QED) is 0.375. The SMILES string of the molecule is Nc1ncnc2c1ccn2[C@@H]1O[C@H](CCc2ccc3cc4c(nc3c2)NCCC4)[C@@H](O)[C@H]1O. The summed E-state index contributed by atoms with van der Waals surface area (Å²) in [4.78, 5) is 13.1. The first-order valence-electron chi connectivity index (χ1n) is 11.3. The van der Waals surface area contributed by atoms with Crippen LogP contribution in [-0.2, 0) is 17.6 Å². The fourth-order valence-electron chi connectivity index (χ4n) is 4.94. The second-order valence-electron chi connectivity index (χ2n) is 8.86. The molecular formula is C24H26N6O3. The zero-order valence-corrected chi connectivity index (χ0v) is 18.1. The molecule has 1 aromatic carbocycles. The van der Waals surface area contributed by atoms with Gasteiger partial charge in [0.2, 0.25) is 0 Å². The van der Waals surface area contributed by atoms with Crippen LogP contribution in [0.3, 0.4) is 0 Å². The van der Waals surface area contributed by atoms with Crippen molar-refractivity contribution >= 4 is 33.6 Å². The molecule has 1 saturated heterocycles. The van der Waals surface area contributed by atoms with E-state index < -0.39 is 24.5 Å². The maximum atomic E-state index is 10.7. The number of fused-ring (bicyclic) bond motifs is 3. The molecule has 2 aliphatic heterocycles. The first-order chi connectivity index (χ1) is 16.1. The van der Waals surface area contributed by atoms with Crippen molar-refractivity contribution < 1.29 is 14.9 Å². The van der Waals surface area contributed by atoms with E-state index in [1.54, 1.807) is 16.8 Å². The van der Waals surface area contributed by atoms with Gasteiger partial charge in [-0.3, -0.25) is 0 Å². The van der Waals surface area contributed by atoms with E-state index in [1.165, 1.54) is 11.9 Å². The van der Waals surface area contributed by atoms with E-state index in [9.17, 15) is 10.2 Å². The van der Waals surface area contributed by atoms with Gasteiger partial charge in [-0.2, -0.15) is 0 Å². The molecule has 33 heavy (non-hydrogen) atoms. The van der Waals surface area contributed by atoms with Crippen LogP contribution in [-0.4, -0.2) is 54.6 Å². The van der Waals surface area contributed by atoms with Crippen molar-refractivity contribution in [3.05, 3.63) is 54.0 Å². The van der Waals surface area contributed by atoms with Crippen molar-refractivity contribution in [2.24, 2.45) is 0 Å². The van der Waals surface area contributed by atoms with E-state index in [0.717, 1.165) is 41.7 Å². The number of aliphatic hydroxyl groups excluding tert-OH is 2. The third kappa shape index (κ3) is 3.49. The fourth-order valence-corrected chi connectivity index (χ4v) is 4.94. The molecule has 6 rings (SSSR count). The Morgan fingerprint density at radius 3 is 2.97 bits per heavy atom.